The van der Waals surface area contributed by atoms with Gasteiger partial charge in [-0.25, -0.2) is 17.6 Å². The highest BCUT2D eigenvalue weighted by atomic mass is 19.2. The lowest BCUT2D eigenvalue weighted by Crippen LogP contribution is -2.09. The van der Waals surface area contributed by atoms with Gasteiger partial charge in [0.15, 0.2) is 11.6 Å². The van der Waals surface area contributed by atoms with E-state index in [1.807, 2.05) is 0 Å². The molecule has 1 unspecified atom stereocenters. The Kier molecular flexibility index (Phi) is 3.94. The number of hydrogen-bond acceptors (Lipinski definition) is 2. The molecule has 0 aliphatic heterocycles. The summed E-state index contributed by atoms with van der Waals surface area (Å²) in [4.78, 5) is 0. The van der Waals surface area contributed by atoms with Crippen molar-refractivity contribution in [1.82, 2.24) is 0 Å². The Morgan fingerprint density at radius 1 is 1.00 bits per heavy atom. The third kappa shape index (κ3) is 2.46. The van der Waals surface area contributed by atoms with Gasteiger partial charge in [-0.05, 0) is 6.07 Å². The smallest absolute Gasteiger partial charge is 0.164 e. The maximum absolute atomic E-state index is 13.8. The van der Waals surface area contributed by atoms with E-state index in [4.69, 9.17) is 0 Å². The molecule has 0 radical (unpaired) electrons. The van der Waals surface area contributed by atoms with Gasteiger partial charge >= 0.3 is 0 Å². The van der Waals surface area contributed by atoms with E-state index in [1.54, 1.807) is 0 Å². The Hall–Kier alpha value is -2.08. The Morgan fingerprint density at radius 2 is 1.60 bits per heavy atom. The molecule has 0 aromatic heterocycles. The second-order valence-electron chi connectivity index (χ2n) is 4.05. The third-order valence-corrected chi connectivity index (χ3v) is 2.84. The Bertz CT molecular complexity index is 620. The quantitative estimate of drug-likeness (QED) is 0.877. The van der Waals surface area contributed by atoms with Crippen molar-refractivity contribution in [3.63, 3.8) is 0 Å². The minimum Gasteiger partial charge on any atom is -0.497 e. The zero-order valence-corrected chi connectivity index (χ0v) is 10.3. The lowest BCUT2D eigenvalue weighted by molar-refractivity contribution is 0.202. The molecule has 2 nitrogen and oxygen atoms in total. The predicted octanol–water partition coefficient (Wildman–Crippen LogP) is 3.33. The fourth-order valence-corrected chi connectivity index (χ4v) is 1.83. The monoisotopic (exact) mass is 286 g/mol. The number of rotatable bonds is 3. The van der Waals surface area contributed by atoms with Crippen molar-refractivity contribution in [2.24, 2.45) is 0 Å². The van der Waals surface area contributed by atoms with Gasteiger partial charge in [0.1, 0.15) is 23.5 Å². The van der Waals surface area contributed by atoms with E-state index >= 15 is 0 Å². The van der Waals surface area contributed by atoms with Gasteiger partial charge < -0.3 is 9.84 Å². The van der Waals surface area contributed by atoms with E-state index in [0.717, 1.165) is 30.3 Å². The van der Waals surface area contributed by atoms with E-state index < -0.39 is 40.5 Å². The summed E-state index contributed by atoms with van der Waals surface area (Å²) in [6, 6.07) is 4.71. The highest BCUT2D eigenvalue weighted by Gasteiger charge is 2.24. The van der Waals surface area contributed by atoms with Crippen LogP contribution in [0.15, 0.2) is 30.3 Å². The first-order chi connectivity index (χ1) is 9.45. The van der Waals surface area contributed by atoms with Crippen LogP contribution in [-0.4, -0.2) is 12.2 Å². The van der Waals surface area contributed by atoms with Crippen molar-refractivity contribution in [3.8, 4) is 5.75 Å². The zero-order chi connectivity index (χ0) is 14.9. The van der Waals surface area contributed by atoms with Crippen LogP contribution in [0.5, 0.6) is 5.75 Å². The van der Waals surface area contributed by atoms with Crippen molar-refractivity contribution in [3.05, 3.63) is 64.7 Å². The predicted molar refractivity (Wildman–Crippen MR) is 63.3 cm³/mol. The Labute approximate surface area is 112 Å². The van der Waals surface area contributed by atoms with Crippen molar-refractivity contribution in [1.29, 1.82) is 0 Å². The maximum Gasteiger partial charge on any atom is 0.164 e. The van der Waals surface area contributed by atoms with Crippen LogP contribution in [0, 0.1) is 23.3 Å². The molecule has 20 heavy (non-hydrogen) atoms. The largest absolute Gasteiger partial charge is 0.497 e. The topological polar surface area (TPSA) is 29.5 Å². The highest BCUT2D eigenvalue weighted by Crippen LogP contribution is 2.31. The Morgan fingerprint density at radius 3 is 2.15 bits per heavy atom. The van der Waals surface area contributed by atoms with E-state index in [1.165, 1.54) is 7.11 Å². The molecule has 0 fully saturated rings. The SMILES string of the molecule is COc1cc(F)c(C(O)c2cccc(F)c2F)c(F)c1. The fourth-order valence-electron chi connectivity index (χ4n) is 1.83. The van der Waals surface area contributed by atoms with Crippen molar-refractivity contribution < 1.29 is 27.4 Å². The second-order valence-corrected chi connectivity index (χ2v) is 4.05. The van der Waals surface area contributed by atoms with Gasteiger partial charge in [0, 0.05) is 17.7 Å². The minimum absolute atomic E-state index is 0.0873. The number of hydrogen-bond donors (Lipinski definition) is 1. The summed E-state index contributed by atoms with van der Waals surface area (Å²) >= 11 is 0. The first kappa shape index (κ1) is 14.3. The van der Waals surface area contributed by atoms with Crippen LogP contribution in [-0.2, 0) is 0 Å². The minimum atomic E-state index is -1.96. The summed E-state index contributed by atoms with van der Waals surface area (Å²) in [5, 5.41) is 9.89. The molecule has 1 atom stereocenters. The van der Waals surface area contributed by atoms with E-state index in [2.05, 4.69) is 4.74 Å². The van der Waals surface area contributed by atoms with Crippen LogP contribution in [0.4, 0.5) is 17.6 Å². The number of methoxy groups -OCH3 is 1. The van der Waals surface area contributed by atoms with E-state index in [-0.39, 0.29) is 5.75 Å². The molecule has 2 aromatic carbocycles. The standard InChI is InChI=1S/C14H10F4O2/c1-20-7-5-10(16)12(11(17)6-7)14(19)8-3-2-4-9(15)13(8)18/h2-6,14,19H,1H3. The number of aliphatic hydroxyl groups is 1. The van der Waals surface area contributed by atoms with Crippen LogP contribution in [0.1, 0.15) is 17.2 Å². The average Bonchev–Trinajstić information content (AvgIpc) is 2.40. The highest BCUT2D eigenvalue weighted by molar-refractivity contribution is 5.37. The summed E-state index contributed by atoms with van der Waals surface area (Å²) in [5.41, 5.74) is -1.32. The van der Waals surface area contributed by atoms with Gasteiger partial charge in [0.2, 0.25) is 0 Å². The molecule has 106 valence electrons. The van der Waals surface area contributed by atoms with Gasteiger partial charge in [-0.3, -0.25) is 0 Å². The van der Waals surface area contributed by atoms with Gasteiger partial charge in [0.05, 0.1) is 12.7 Å². The van der Waals surface area contributed by atoms with E-state index in [9.17, 15) is 22.7 Å². The number of ether oxygens (including phenoxy) is 1. The molecule has 0 bridgehead atoms. The van der Waals surface area contributed by atoms with Gasteiger partial charge in [0.25, 0.3) is 0 Å². The van der Waals surface area contributed by atoms with Crippen LogP contribution < -0.4 is 4.74 Å². The Balaban J connectivity index is 2.54. The van der Waals surface area contributed by atoms with Crippen molar-refractivity contribution in [2.45, 2.75) is 6.10 Å². The number of benzene rings is 2. The molecular weight excluding hydrogens is 276 g/mol. The molecule has 0 amide bonds. The summed E-state index contributed by atoms with van der Waals surface area (Å²) < 4.78 is 58.8. The lowest BCUT2D eigenvalue weighted by atomic mass is 9.99. The fraction of sp³-hybridized carbons (Fsp3) is 0.143. The van der Waals surface area contributed by atoms with Crippen molar-refractivity contribution >= 4 is 0 Å². The molecule has 0 aliphatic rings. The normalized spacial score (nSPS) is 12.3. The first-order valence-corrected chi connectivity index (χ1v) is 5.60. The molecule has 0 saturated heterocycles. The van der Waals surface area contributed by atoms with Gasteiger partial charge in [-0.15, -0.1) is 0 Å². The molecule has 0 aliphatic carbocycles. The summed E-state index contributed by atoms with van der Waals surface area (Å²) in [7, 11) is 1.22. The molecule has 0 heterocycles. The molecule has 6 heteroatoms. The van der Waals surface area contributed by atoms with Crippen LogP contribution >= 0.6 is 0 Å². The molecule has 0 saturated carbocycles. The lowest BCUT2D eigenvalue weighted by Gasteiger charge is -2.15. The third-order valence-electron chi connectivity index (χ3n) is 2.84. The molecule has 1 N–H and O–H groups in total. The van der Waals surface area contributed by atoms with Crippen LogP contribution in [0.3, 0.4) is 0 Å². The van der Waals surface area contributed by atoms with Crippen LogP contribution in [0.2, 0.25) is 0 Å². The molecular formula is C14H10F4O2. The molecule has 2 aromatic rings. The zero-order valence-electron chi connectivity index (χ0n) is 10.3. The number of halogens is 4. The summed E-state index contributed by atoms with van der Waals surface area (Å²) in [6.07, 6.45) is -1.96. The van der Waals surface area contributed by atoms with Gasteiger partial charge in [-0.2, -0.15) is 0 Å². The molecule has 0 spiro atoms. The first-order valence-electron chi connectivity index (χ1n) is 5.60. The maximum atomic E-state index is 13.8. The second kappa shape index (κ2) is 5.50. The molecule has 2 rings (SSSR count). The summed E-state index contributed by atoms with van der Waals surface area (Å²) in [6.45, 7) is 0. The summed E-state index contributed by atoms with van der Waals surface area (Å²) in [5.74, 6) is -4.88. The van der Waals surface area contributed by atoms with Gasteiger partial charge in [-0.1, -0.05) is 12.1 Å². The number of aliphatic hydroxyl groups excluding tert-OH is 1. The van der Waals surface area contributed by atoms with E-state index in [0.29, 0.717) is 0 Å². The van der Waals surface area contributed by atoms with Crippen molar-refractivity contribution in [2.75, 3.05) is 7.11 Å². The average molecular weight is 286 g/mol. The van der Waals surface area contributed by atoms with Crippen LogP contribution in [0.25, 0.3) is 0 Å².